The SMILES string of the molecule is Cc1c(-c2cc(CN3CCCC(C(=O)N4CCOCC4)C3)on2)cnn1C. The predicted octanol–water partition coefficient (Wildman–Crippen LogP) is 1.45. The lowest BCUT2D eigenvalue weighted by Gasteiger charge is -2.35. The van der Waals surface area contributed by atoms with Gasteiger partial charge in [-0.25, -0.2) is 0 Å². The highest BCUT2D eigenvalue weighted by Gasteiger charge is 2.30. The van der Waals surface area contributed by atoms with Gasteiger partial charge in [-0.05, 0) is 26.3 Å². The van der Waals surface area contributed by atoms with Crippen molar-refractivity contribution >= 4 is 5.91 Å². The van der Waals surface area contributed by atoms with Crippen LogP contribution in [0.25, 0.3) is 11.3 Å². The van der Waals surface area contributed by atoms with Crippen molar-refractivity contribution in [3.63, 3.8) is 0 Å². The van der Waals surface area contributed by atoms with Gasteiger partial charge >= 0.3 is 0 Å². The zero-order chi connectivity index (χ0) is 18.8. The van der Waals surface area contributed by atoms with Crippen LogP contribution in [0.2, 0.25) is 0 Å². The van der Waals surface area contributed by atoms with E-state index in [-0.39, 0.29) is 11.8 Å². The van der Waals surface area contributed by atoms with Crippen molar-refractivity contribution in [2.75, 3.05) is 39.4 Å². The summed E-state index contributed by atoms with van der Waals surface area (Å²) in [4.78, 5) is 17.0. The highest BCUT2D eigenvalue weighted by atomic mass is 16.5. The molecule has 2 aromatic rings. The number of amides is 1. The normalized spacial score (nSPS) is 21.6. The molecule has 2 aliphatic heterocycles. The van der Waals surface area contributed by atoms with Gasteiger partial charge in [0.25, 0.3) is 0 Å². The van der Waals surface area contributed by atoms with Gasteiger partial charge < -0.3 is 14.2 Å². The fourth-order valence-corrected chi connectivity index (χ4v) is 3.93. The summed E-state index contributed by atoms with van der Waals surface area (Å²) in [6.45, 7) is 7.18. The van der Waals surface area contributed by atoms with Crippen molar-refractivity contribution in [1.82, 2.24) is 24.7 Å². The maximum Gasteiger partial charge on any atom is 0.227 e. The van der Waals surface area contributed by atoms with Crippen molar-refractivity contribution in [1.29, 1.82) is 0 Å². The number of carbonyl (C=O) groups excluding carboxylic acids is 1. The second-order valence-corrected chi connectivity index (χ2v) is 7.46. The van der Waals surface area contributed by atoms with Crippen molar-refractivity contribution in [2.45, 2.75) is 26.3 Å². The number of morpholine rings is 1. The number of rotatable bonds is 4. The molecule has 27 heavy (non-hydrogen) atoms. The van der Waals surface area contributed by atoms with Gasteiger partial charge in [-0.3, -0.25) is 14.4 Å². The average molecular weight is 373 g/mol. The first-order valence-corrected chi connectivity index (χ1v) is 9.65. The molecule has 0 saturated carbocycles. The molecule has 8 nitrogen and oxygen atoms in total. The Kier molecular flexibility index (Phi) is 5.27. The van der Waals surface area contributed by atoms with E-state index in [1.165, 1.54) is 0 Å². The molecule has 1 unspecified atom stereocenters. The van der Waals surface area contributed by atoms with Crippen LogP contribution in [0.4, 0.5) is 0 Å². The number of aromatic nitrogens is 3. The molecule has 8 heteroatoms. The standard InChI is InChI=1S/C19H27N5O3/c1-14-17(11-20-22(14)2)18-10-16(27-21-18)13-23-5-3-4-15(12-23)19(25)24-6-8-26-9-7-24/h10-11,15H,3-9,12-13H2,1-2H3. The van der Waals surface area contributed by atoms with Gasteiger partial charge in [0.1, 0.15) is 5.69 Å². The first kappa shape index (κ1) is 18.2. The minimum Gasteiger partial charge on any atom is -0.378 e. The van der Waals surface area contributed by atoms with E-state index in [1.54, 1.807) is 0 Å². The van der Waals surface area contributed by atoms with Crippen LogP contribution in [-0.4, -0.2) is 70.0 Å². The summed E-state index contributed by atoms with van der Waals surface area (Å²) in [6, 6.07) is 1.98. The molecule has 1 atom stereocenters. The molecule has 0 aliphatic carbocycles. The number of hydrogen-bond acceptors (Lipinski definition) is 6. The summed E-state index contributed by atoms with van der Waals surface area (Å²) < 4.78 is 12.7. The zero-order valence-electron chi connectivity index (χ0n) is 16.1. The maximum atomic E-state index is 12.8. The highest BCUT2D eigenvalue weighted by Crippen LogP contribution is 2.25. The third kappa shape index (κ3) is 3.91. The van der Waals surface area contributed by atoms with Crippen LogP contribution >= 0.6 is 0 Å². The van der Waals surface area contributed by atoms with Crippen molar-refractivity contribution in [2.24, 2.45) is 13.0 Å². The third-order valence-electron chi connectivity index (χ3n) is 5.63. The minimum absolute atomic E-state index is 0.0693. The predicted molar refractivity (Wildman–Crippen MR) is 98.8 cm³/mol. The Hall–Kier alpha value is -2.19. The number of hydrogen-bond donors (Lipinski definition) is 0. The van der Waals surface area contributed by atoms with E-state index >= 15 is 0 Å². The van der Waals surface area contributed by atoms with Crippen molar-refractivity contribution < 1.29 is 14.1 Å². The molecule has 1 amide bonds. The molecule has 0 aromatic carbocycles. The van der Waals surface area contributed by atoms with Gasteiger partial charge in [-0.1, -0.05) is 5.16 Å². The number of likely N-dealkylation sites (tertiary alicyclic amines) is 1. The van der Waals surface area contributed by atoms with E-state index in [9.17, 15) is 4.79 Å². The number of nitrogens with zero attached hydrogens (tertiary/aromatic N) is 5. The zero-order valence-corrected chi connectivity index (χ0v) is 16.1. The first-order valence-electron chi connectivity index (χ1n) is 9.65. The van der Waals surface area contributed by atoms with Crippen molar-refractivity contribution in [3.8, 4) is 11.3 Å². The largest absolute Gasteiger partial charge is 0.378 e. The van der Waals surface area contributed by atoms with E-state index in [2.05, 4.69) is 15.2 Å². The summed E-state index contributed by atoms with van der Waals surface area (Å²) in [5, 5.41) is 8.47. The molecule has 4 heterocycles. The second kappa shape index (κ2) is 7.82. The van der Waals surface area contributed by atoms with Crippen LogP contribution in [0.15, 0.2) is 16.8 Å². The third-order valence-corrected chi connectivity index (χ3v) is 5.63. The summed E-state index contributed by atoms with van der Waals surface area (Å²) in [7, 11) is 1.92. The molecule has 0 N–H and O–H groups in total. The Morgan fingerprint density at radius 1 is 1.30 bits per heavy atom. The topological polar surface area (TPSA) is 76.6 Å². The molecule has 0 radical (unpaired) electrons. The van der Waals surface area contributed by atoms with E-state index in [0.717, 1.165) is 48.6 Å². The minimum atomic E-state index is 0.0693. The van der Waals surface area contributed by atoms with Crippen LogP contribution < -0.4 is 0 Å². The molecule has 2 saturated heterocycles. The fraction of sp³-hybridized carbons (Fsp3) is 0.632. The number of carbonyl (C=O) groups is 1. The number of ether oxygens (including phenoxy) is 1. The lowest BCUT2D eigenvalue weighted by molar-refractivity contribution is -0.141. The molecule has 2 aromatic heterocycles. The van der Waals surface area contributed by atoms with E-state index < -0.39 is 0 Å². The Bertz CT molecular complexity index is 793. The van der Waals surface area contributed by atoms with E-state index in [0.29, 0.717) is 32.8 Å². The van der Waals surface area contributed by atoms with Crippen LogP contribution in [0, 0.1) is 12.8 Å². The van der Waals surface area contributed by atoms with E-state index in [4.69, 9.17) is 9.26 Å². The molecule has 146 valence electrons. The molecular weight excluding hydrogens is 346 g/mol. The summed E-state index contributed by atoms with van der Waals surface area (Å²) >= 11 is 0. The average Bonchev–Trinajstić information content (AvgIpc) is 3.29. The lowest BCUT2D eigenvalue weighted by atomic mass is 9.96. The van der Waals surface area contributed by atoms with Gasteiger partial charge in [0.15, 0.2) is 5.76 Å². The van der Waals surface area contributed by atoms with Gasteiger partial charge in [-0.15, -0.1) is 0 Å². The maximum absolute atomic E-state index is 12.8. The Balaban J connectivity index is 1.38. The van der Waals surface area contributed by atoms with E-state index in [1.807, 2.05) is 35.8 Å². The lowest BCUT2D eigenvalue weighted by Crippen LogP contribution is -2.48. The molecule has 2 aliphatic rings. The molecule has 4 rings (SSSR count). The molecule has 0 spiro atoms. The summed E-state index contributed by atoms with van der Waals surface area (Å²) in [6.07, 6.45) is 3.81. The quantitative estimate of drug-likeness (QED) is 0.807. The summed E-state index contributed by atoms with van der Waals surface area (Å²) in [5.74, 6) is 1.17. The summed E-state index contributed by atoms with van der Waals surface area (Å²) in [5.41, 5.74) is 2.86. The number of aryl methyl sites for hydroxylation is 1. The van der Waals surface area contributed by atoms with Gasteiger partial charge in [-0.2, -0.15) is 5.10 Å². The molecular formula is C19H27N5O3. The Morgan fingerprint density at radius 2 is 2.11 bits per heavy atom. The second-order valence-electron chi connectivity index (χ2n) is 7.46. The monoisotopic (exact) mass is 373 g/mol. The van der Waals surface area contributed by atoms with Crippen molar-refractivity contribution in [3.05, 3.63) is 23.7 Å². The smallest absolute Gasteiger partial charge is 0.227 e. The molecule has 2 fully saturated rings. The van der Waals surface area contributed by atoms with Crippen LogP contribution in [0.3, 0.4) is 0 Å². The van der Waals surface area contributed by atoms with Crippen LogP contribution in [-0.2, 0) is 23.1 Å². The van der Waals surface area contributed by atoms with Crippen LogP contribution in [0.5, 0.6) is 0 Å². The van der Waals surface area contributed by atoms with Crippen LogP contribution in [0.1, 0.15) is 24.3 Å². The van der Waals surface area contributed by atoms with Gasteiger partial charge in [0, 0.05) is 44.0 Å². The Morgan fingerprint density at radius 3 is 2.85 bits per heavy atom. The van der Waals surface area contributed by atoms with Gasteiger partial charge in [0.05, 0.1) is 31.9 Å². The number of piperidine rings is 1. The fourth-order valence-electron chi connectivity index (χ4n) is 3.93. The van der Waals surface area contributed by atoms with Gasteiger partial charge in [0.2, 0.25) is 5.91 Å². The highest BCUT2D eigenvalue weighted by molar-refractivity contribution is 5.79. The first-order chi connectivity index (χ1) is 13.1. The Labute approximate surface area is 159 Å². The molecule has 0 bridgehead atoms.